The van der Waals surface area contributed by atoms with Gasteiger partial charge in [-0.3, -0.25) is 0 Å². The number of benzene rings is 2. The molecule has 0 radical (unpaired) electrons. The molecule has 1 fully saturated rings. The summed E-state index contributed by atoms with van der Waals surface area (Å²) in [5, 5.41) is 3.82. The first-order valence-electron chi connectivity index (χ1n) is 10.3. The summed E-state index contributed by atoms with van der Waals surface area (Å²) in [5.74, 6) is 2.75. The zero-order valence-corrected chi connectivity index (χ0v) is 16.3. The molecule has 1 N–H and O–H groups in total. The van der Waals surface area contributed by atoms with Gasteiger partial charge in [-0.1, -0.05) is 36.4 Å². The molecule has 4 unspecified atom stereocenters. The quantitative estimate of drug-likeness (QED) is 0.738. The Balaban J connectivity index is 1.47. The van der Waals surface area contributed by atoms with Gasteiger partial charge in [-0.25, -0.2) is 0 Å². The largest absolute Gasteiger partial charge is 0.497 e. The molecule has 0 aromatic heterocycles. The maximum Gasteiger partial charge on any atom is 0.142 e. The number of rotatable bonds is 5. The highest BCUT2D eigenvalue weighted by Gasteiger charge is 2.39. The van der Waals surface area contributed by atoms with Crippen LogP contribution in [0.1, 0.15) is 42.3 Å². The fraction of sp³-hybridized carbons (Fsp3) is 0.417. The summed E-state index contributed by atoms with van der Waals surface area (Å²) < 4.78 is 17.4. The lowest BCUT2D eigenvalue weighted by Crippen LogP contribution is -2.29. The lowest BCUT2D eigenvalue weighted by atomic mass is 9.77. The molecule has 1 saturated heterocycles. The van der Waals surface area contributed by atoms with Crippen LogP contribution in [0.4, 0.5) is 5.69 Å². The van der Waals surface area contributed by atoms with Crippen molar-refractivity contribution in [3.8, 4) is 11.5 Å². The molecule has 2 aromatic rings. The molecular formula is C24H27NO3. The number of ether oxygens (including phenoxy) is 3. The second-order valence-corrected chi connectivity index (χ2v) is 7.92. The van der Waals surface area contributed by atoms with Crippen molar-refractivity contribution in [1.29, 1.82) is 0 Å². The first-order chi connectivity index (χ1) is 13.8. The SMILES string of the molecule is COc1cccc(C2Nc3c(OCC4CCCO4)cccc3C3C=CCC32)c1. The third kappa shape index (κ3) is 3.16. The van der Waals surface area contributed by atoms with Gasteiger partial charge in [0.2, 0.25) is 0 Å². The first kappa shape index (κ1) is 17.6. The Labute approximate surface area is 166 Å². The standard InChI is InChI=1S/C24H27NO3/c1-26-17-7-2-6-16(14-17)23-20-10-3-9-19(20)21-11-4-12-22(24(21)25-23)28-15-18-8-5-13-27-18/h2-4,6-7,9,11-12,14,18-20,23,25H,5,8,10,13,15H2,1H3. The van der Waals surface area contributed by atoms with Crippen LogP contribution in [0.5, 0.6) is 11.5 Å². The summed E-state index contributed by atoms with van der Waals surface area (Å²) >= 11 is 0. The summed E-state index contributed by atoms with van der Waals surface area (Å²) in [6.45, 7) is 1.47. The minimum atomic E-state index is 0.216. The number of allylic oxidation sites excluding steroid dienone is 2. The molecule has 28 heavy (non-hydrogen) atoms. The van der Waals surface area contributed by atoms with Crippen LogP contribution in [-0.2, 0) is 4.74 Å². The van der Waals surface area contributed by atoms with Crippen molar-refractivity contribution in [1.82, 2.24) is 0 Å². The predicted molar refractivity (Wildman–Crippen MR) is 110 cm³/mol. The molecule has 0 bridgehead atoms. The number of hydrogen-bond donors (Lipinski definition) is 1. The van der Waals surface area contributed by atoms with Gasteiger partial charge >= 0.3 is 0 Å². The molecule has 2 aliphatic heterocycles. The van der Waals surface area contributed by atoms with Crippen molar-refractivity contribution >= 4 is 5.69 Å². The summed E-state index contributed by atoms with van der Waals surface area (Å²) in [6.07, 6.45) is 8.20. The van der Waals surface area contributed by atoms with E-state index >= 15 is 0 Å². The van der Waals surface area contributed by atoms with Crippen molar-refractivity contribution < 1.29 is 14.2 Å². The van der Waals surface area contributed by atoms with E-state index in [0.29, 0.717) is 18.4 Å². The molecule has 3 aliphatic rings. The van der Waals surface area contributed by atoms with Crippen molar-refractivity contribution in [3.63, 3.8) is 0 Å². The van der Waals surface area contributed by atoms with Gasteiger partial charge in [0.05, 0.1) is 24.9 Å². The molecule has 0 amide bonds. The van der Waals surface area contributed by atoms with Crippen molar-refractivity contribution in [3.05, 3.63) is 65.7 Å². The van der Waals surface area contributed by atoms with E-state index in [2.05, 4.69) is 53.9 Å². The lowest BCUT2D eigenvalue weighted by Gasteiger charge is -2.38. The molecule has 4 nitrogen and oxygen atoms in total. The molecule has 4 atom stereocenters. The van der Waals surface area contributed by atoms with E-state index in [1.165, 1.54) is 11.1 Å². The summed E-state index contributed by atoms with van der Waals surface area (Å²) in [5.41, 5.74) is 3.72. The smallest absolute Gasteiger partial charge is 0.142 e. The highest BCUT2D eigenvalue weighted by atomic mass is 16.5. The molecule has 1 aliphatic carbocycles. The first-order valence-corrected chi connectivity index (χ1v) is 10.3. The Morgan fingerprint density at radius 2 is 2.11 bits per heavy atom. The zero-order chi connectivity index (χ0) is 18.9. The Morgan fingerprint density at radius 1 is 1.18 bits per heavy atom. The van der Waals surface area contributed by atoms with E-state index < -0.39 is 0 Å². The van der Waals surface area contributed by atoms with Gasteiger partial charge in [-0.05, 0) is 54.5 Å². The number of anilines is 1. The molecule has 5 rings (SSSR count). The summed E-state index contributed by atoms with van der Waals surface area (Å²) in [6, 6.07) is 15.1. The molecule has 2 heterocycles. The fourth-order valence-corrected chi connectivity index (χ4v) is 4.84. The monoisotopic (exact) mass is 377 g/mol. The second kappa shape index (κ2) is 7.51. The highest BCUT2D eigenvalue weighted by Crippen LogP contribution is 2.52. The van der Waals surface area contributed by atoms with Gasteiger partial charge < -0.3 is 19.5 Å². The van der Waals surface area contributed by atoms with Crippen LogP contribution in [0.2, 0.25) is 0 Å². The van der Waals surface area contributed by atoms with E-state index in [0.717, 1.165) is 43.1 Å². The normalized spacial score (nSPS) is 27.8. The number of fused-ring (bicyclic) bond motifs is 3. The Bertz CT molecular complexity index is 872. The van der Waals surface area contributed by atoms with Crippen LogP contribution < -0.4 is 14.8 Å². The van der Waals surface area contributed by atoms with Crippen LogP contribution in [-0.4, -0.2) is 26.4 Å². The van der Waals surface area contributed by atoms with Gasteiger partial charge in [0.15, 0.2) is 0 Å². The topological polar surface area (TPSA) is 39.7 Å². The van der Waals surface area contributed by atoms with E-state index in [1.54, 1.807) is 7.11 Å². The maximum atomic E-state index is 6.23. The zero-order valence-electron chi connectivity index (χ0n) is 16.3. The van der Waals surface area contributed by atoms with Crippen molar-refractivity contribution in [2.45, 2.75) is 37.3 Å². The van der Waals surface area contributed by atoms with Gasteiger partial charge in [-0.2, -0.15) is 0 Å². The lowest BCUT2D eigenvalue weighted by molar-refractivity contribution is 0.0681. The minimum absolute atomic E-state index is 0.216. The molecule has 146 valence electrons. The van der Waals surface area contributed by atoms with Gasteiger partial charge in [0, 0.05) is 12.5 Å². The maximum absolute atomic E-state index is 6.23. The Morgan fingerprint density at radius 3 is 2.96 bits per heavy atom. The van der Waals surface area contributed by atoms with E-state index in [-0.39, 0.29) is 12.1 Å². The molecule has 0 saturated carbocycles. The third-order valence-electron chi connectivity index (χ3n) is 6.26. The third-order valence-corrected chi connectivity index (χ3v) is 6.26. The minimum Gasteiger partial charge on any atom is -0.497 e. The Hall–Kier alpha value is -2.46. The van der Waals surface area contributed by atoms with Crippen LogP contribution in [0.3, 0.4) is 0 Å². The number of hydrogen-bond acceptors (Lipinski definition) is 4. The van der Waals surface area contributed by atoms with Crippen molar-refractivity contribution in [2.24, 2.45) is 5.92 Å². The van der Waals surface area contributed by atoms with Gasteiger partial charge in [0.25, 0.3) is 0 Å². The molecular weight excluding hydrogens is 350 g/mol. The highest BCUT2D eigenvalue weighted by molar-refractivity contribution is 5.67. The van der Waals surface area contributed by atoms with E-state index in [1.807, 2.05) is 6.07 Å². The van der Waals surface area contributed by atoms with Gasteiger partial charge in [0.1, 0.15) is 18.1 Å². The van der Waals surface area contributed by atoms with E-state index in [4.69, 9.17) is 14.2 Å². The summed E-state index contributed by atoms with van der Waals surface area (Å²) in [4.78, 5) is 0. The average molecular weight is 377 g/mol. The summed E-state index contributed by atoms with van der Waals surface area (Å²) in [7, 11) is 1.72. The second-order valence-electron chi connectivity index (χ2n) is 7.92. The molecule has 0 spiro atoms. The fourth-order valence-electron chi connectivity index (χ4n) is 4.84. The molecule has 2 aromatic carbocycles. The van der Waals surface area contributed by atoms with Crippen LogP contribution in [0.25, 0.3) is 0 Å². The average Bonchev–Trinajstić information content (AvgIpc) is 3.43. The van der Waals surface area contributed by atoms with Crippen LogP contribution in [0, 0.1) is 5.92 Å². The number of methoxy groups -OCH3 is 1. The number of nitrogens with one attached hydrogen (secondary N) is 1. The van der Waals surface area contributed by atoms with Gasteiger partial charge in [-0.15, -0.1) is 0 Å². The molecule has 4 heteroatoms. The van der Waals surface area contributed by atoms with E-state index in [9.17, 15) is 0 Å². The number of para-hydroxylation sites is 1. The van der Waals surface area contributed by atoms with Crippen molar-refractivity contribution in [2.75, 3.05) is 25.6 Å². The Kier molecular flexibility index (Phi) is 4.73. The predicted octanol–water partition coefficient (Wildman–Crippen LogP) is 5.08. The van der Waals surface area contributed by atoms with Crippen LogP contribution in [0.15, 0.2) is 54.6 Å². The van der Waals surface area contributed by atoms with Crippen LogP contribution >= 0.6 is 0 Å².